The van der Waals surface area contributed by atoms with Gasteiger partial charge in [-0.05, 0) is 46.8 Å². The molecule has 0 aromatic heterocycles. The average Bonchev–Trinajstić information content (AvgIpc) is 2.89. The summed E-state index contributed by atoms with van der Waals surface area (Å²) >= 11 is 0. The van der Waals surface area contributed by atoms with Crippen LogP contribution in [0.3, 0.4) is 0 Å². The Balaban J connectivity index is 2.12. The van der Waals surface area contributed by atoms with Crippen LogP contribution in [0.15, 0.2) is 24.3 Å². The van der Waals surface area contributed by atoms with E-state index in [4.69, 9.17) is 0 Å². The Morgan fingerprint density at radius 1 is 1.20 bits per heavy atom. The van der Waals surface area contributed by atoms with Gasteiger partial charge in [0.15, 0.2) is 0 Å². The number of carbonyl (C=O) groups is 3. The van der Waals surface area contributed by atoms with Crippen molar-refractivity contribution in [1.82, 2.24) is 10.2 Å². The van der Waals surface area contributed by atoms with Gasteiger partial charge in [0.1, 0.15) is 0 Å². The minimum Gasteiger partial charge on any atom is -0.350 e. The molecule has 25 heavy (non-hydrogen) atoms. The minimum atomic E-state index is -0.409. The molecule has 0 radical (unpaired) electrons. The summed E-state index contributed by atoms with van der Waals surface area (Å²) in [4.78, 5) is 38.8. The van der Waals surface area contributed by atoms with Gasteiger partial charge >= 0.3 is 0 Å². The molecular formula is C19H27N3O3. The monoisotopic (exact) mass is 345 g/mol. The molecule has 136 valence electrons. The van der Waals surface area contributed by atoms with Crippen molar-refractivity contribution in [3.8, 4) is 0 Å². The fourth-order valence-electron chi connectivity index (χ4n) is 2.90. The summed E-state index contributed by atoms with van der Waals surface area (Å²) in [5.41, 5.74) is 0.579. The summed E-state index contributed by atoms with van der Waals surface area (Å²) in [7, 11) is 0. The summed E-state index contributed by atoms with van der Waals surface area (Å²) in [6, 6.07) is 6.90. The molecule has 1 unspecified atom stereocenters. The number of benzene rings is 1. The van der Waals surface area contributed by atoms with E-state index in [0.29, 0.717) is 17.8 Å². The fraction of sp³-hybridized carbons (Fsp3) is 0.526. The lowest BCUT2D eigenvalue weighted by atomic mass is 10.1. The molecule has 2 rings (SSSR count). The third-order valence-corrected chi connectivity index (χ3v) is 4.15. The van der Waals surface area contributed by atoms with Gasteiger partial charge in [-0.2, -0.15) is 0 Å². The summed E-state index contributed by atoms with van der Waals surface area (Å²) in [5, 5.41) is 5.64. The van der Waals surface area contributed by atoms with E-state index in [-0.39, 0.29) is 35.7 Å². The van der Waals surface area contributed by atoms with Crippen molar-refractivity contribution in [1.29, 1.82) is 0 Å². The molecule has 1 aliphatic heterocycles. The second kappa shape index (κ2) is 7.25. The van der Waals surface area contributed by atoms with Crippen LogP contribution in [-0.4, -0.2) is 40.7 Å². The third-order valence-electron chi connectivity index (χ3n) is 4.15. The predicted octanol–water partition coefficient (Wildman–Crippen LogP) is 2.41. The lowest BCUT2D eigenvalue weighted by Crippen LogP contribution is -2.42. The molecule has 1 aliphatic rings. The number of likely N-dealkylation sites (tertiary alicyclic amines) is 1. The highest BCUT2D eigenvalue weighted by Crippen LogP contribution is 2.27. The van der Waals surface area contributed by atoms with Crippen molar-refractivity contribution >= 4 is 23.4 Å². The number of nitrogens with zero attached hydrogens (tertiary/aromatic N) is 1. The van der Waals surface area contributed by atoms with Crippen molar-refractivity contribution in [2.75, 3.05) is 11.9 Å². The van der Waals surface area contributed by atoms with Gasteiger partial charge < -0.3 is 15.5 Å². The summed E-state index contributed by atoms with van der Waals surface area (Å²) in [6.07, 6.45) is 0.198. The molecule has 1 atom stereocenters. The number of anilines is 1. The van der Waals surface area contributed by atoms with E-state index in [9.17, 15) is 14.4 Å². The molecule has 6 nitrogen and oxygen atoms in total. The normalized spacial score (nSPS) is 17.8. The van der Waals surface area contributed by atoms with Crippen LogP contribution in [-0.2, 0) is 9.59 Å². The van der Waals surface area contributed by atoms with Gasteiger partial charge in [0.2, 0.25) is 11.8 Å². The highest BCUT2D eigenvalue weighted by Gasteiger charge is 2.39. The van der Waals surface area contributed by atoms with E-state index in [1.54, 1.807) is 29.2 Å². The van der Waals surface area contributed by atoms with E-state index in [1.807, 2.05) is 34.6 Å². The third kappa shape index (κ3) is 4.59. The van der Waals surface area contributed by atoms with Crippen molar-refractivity contribution < 1.29 is 14.4 Å². The molecule has 0 saturated carbocycles. The number of rotatable bonds is 4. The maximum Gasteiger partial charge on any atom is 0.253 e. The Hall–Kier alpha value is -2.37. The van der Waals surface area contributed by atoms with Crippen molar-refractivity contribution in [3.05, 3.63) is 29.8 Å². The average molecular weight is 345 g/mol. The number of amides is 3. The highest BCUT2D eigenvalue weighted by atomic mass is 16.2. The molecule has 1 aromatic rings. The maximum atomic E-state index is 12.6. The lowest BCUT2D eigenvalue weighted by molar-refractivity contribution is -0.131. The van der Waals surface area contributed by atoms with E-state index >= 15 is 0 Å². The van der Waals surface area contributed by atoms with Crippen LogP contribution in [0.25, 0.3) is 0 Å². The molecule has 3 amide bonds. The van der Waals surface area contributed by atoms with Crippen LogP contribution in [0.4, 0.5) is 5.69 Å². The first-order chi connectivity index (χ1) is 11.6. The van der Waals surface area contributed by atoms with E-state index in [0.717, 1.165) is 0 Å². The van der Waals surface area contributed by atoms with E-state index < -0.39 is 5.92 Å². The molecular weight excluding hydrogens is 318 g/mol. The SMILES string of the molecule is CC(C)NC(=O)c1ccccc1NC(=O)C1CC(=O)N(C(C)(C)C)C1. The lowest BCUT2D eigenvalue weighted by Gasteiger charge is -2.31. The van der Waals surface area contributed by atoms with Gasteiger partial charge in [0.25, 0.3) is 5.91 Å². The molecule has 1 aromatic carbocycles. The van der Waals surface area contributed by atoms with Gasteiger partial charge in [-0.3, -0.25) is 14.4 Å². The zero-order valence-corrected chi connectivity index (χ0v) is 15.6. The van der Waals surface area contributed by atoms with Crippen LogP contribution >= 0.6 is 0 Å². The molecule has 1 heterocycles. The van der Waals surface area contributed by atoms with Crippen LogP contribution in [0.1, 0.15) is 51.4 Å². The second-order valence-electron chi connectivity index (χ2n) is 7.74. The summed E-state index contributed by atoms with van der Waals surface area (Å²) in [6.45, 7) is 10.0. The molecule has 0 aliphatic carbocycles. The quantitative estimate of drug-likeness (QED) is 0.879. The second-order valence-corrected chi connectivity index (χ2v) is 7.74. The van der Waals surface area contributed by atoms with Crippen LogP contribution < -0.4 is 10.6 Å². The number of hydrogen-bond donors (Lipinski definition) is 2. The highest BCUT2D eigenvalue weighted by molar-refractivity contribution is 6.05. The zero-order valence-electron chi connectivity index (χ0n) is 15.6. The minimum absolute atomic E-state index is 0.00375. The Kier molecular flexibility index (Phi) is 5.50. The molecule has 0 spiro atoms. The predicted molar refractivity (Wildman–Crippen MR) is 97.2 cm³/mol. The zero-order chi connectivity index (χ0) is 18.8. The van der Waals surface area contributed by atoms with Crippen LogP contribution in [0.2, 0.25) is 0 Å². The molecule has 1 saturated heterocycles. The van der Waals surface area contributed by atoms with Crippen molar-refractivity contribution in [2.24, 2.45) is 5.92 Å². The Bertz CT molecular complexity index is 677. The Morgan fingerprint density at radius 3 is 2.40 bits per heavy atom. The van der Waals surface area contributed by atoms with Gasteiger partial charge in [0, 0.05) is 24.5 Å². The number of hydrogen-bond acceptors (Lipinski definition) is 3. The van der Waals surface area contributed by atoms with Gasteiger partial charge in [-0.15, -0.1) is 0 Å². The first-order valence-electron chi connectivity index (χ1n) is 8.61. The van der Waals surface area contributed by atoms with Crippen molar-refractivity contribution in [2.45, 2.75) is 52.6 Å². The number of para-hydroxylation sites is 1. The van der Waals surface area contributed by atoms with Gasteiger partial charge in [0.05, 0.1) is 17.2 Å². The van der Waals surface area contributed by atoms with Crippen LogP contribution in [0.5, 0.6) is 0 Å². The van der Waals surface area contributed by atoms with Crippen LogP contribution in [0, 0.1) is 5.92 Å². The van der Waals surface area contributed by atoms with Gasteiger partial charge in [-0.1, -0.05) is 12.1 Å². The maximum absolute atomic E-state index is 12.6. The molecule has 2 N–H and O–H groups in total. The standard InChI is InChI=1S/C19H27N3O3/c1-12(2)20-18(25)14-8-6-7-9-15(14)21-17(24)13-10-16(23)22(11-13)19(3,4)5/h6-9,12-13H,10-11H2,1-5H3,(H,20,25)(H,21,24). The van der Waals surface area contributed by atoms with Gasteiger partial charge in [-0.25, -0.2) is 0 Å². The topological polar surface area (TPSA) is 78.5 Å². The van der Waals surface area contributed by atoms with E-state index in [2.05, 4.69) is 10.6 Å². The number of carbonyl (C=O) groups excluding carboxylic acids is 3. The number of nitrogens with one attached hydrogen (secondary N) is 2. The largest absolute Gasteiger partial charge is 0.350 e. The molecule has 6 heteroatoms. The Morgan fingerprint density at radius 2 is 1.84 bits per heavy atom. The first-order valence-corrected chi connectivity index (χ1v) is 8.61. The Labute approximate surface area is 149 Å². The van der Waals surface area contributed by atoms with E-state index in [1.165, 1.54) is 0 Å². The first kappa shape index (κ1) is 19.0. The van der Waals surface area contributed by atoms with Crippen molar-refractivity contribution in [3.63, 3.8) is 0 Å². The molecule has 0 bridgehead atoms. The summed E-state index contributed by atoms with van der Waals surface area (Å²) in [5.74, 6) is -0.888. The fourth-order valence-corrected chi connectivity index (χ4v) is 2.90. The summed E-state index contributed by atoms with van der Waals surface area (Å²) < 4.78 is 0. The molecule has 1 fully saturated rings. The smallest absolute Gasteiger partial charge is 0.253 e.